The summed E-state index contributed by atoms with van der Waals surface area (Å²) < 4.78 is 0. The van der Waals surface area contributed by atoms with Crippen LogP contribution in [0.4, 0.5) is 5.69 Å². The summed E-state index contributed by atoms with van der Waals surface area (Å²) >= 11 is 6.29. The molecule has 156 valence electrons. The zero-order chi connectivity index (χ0) is 21.2. The van der Waals surface area contributed by atoms with Crippen LogP contribution in [-0.2, 0) is 17.6 Å². The van der Waals surface area contributed by atoms with Gasteiger partial charge in [0, 0.05) is 40.8 Å². The van der Waals surface area contributed by atoms with Crippen LogP contribution in [0.3, 0.4) is 0 Å². The molecule has 0 saturated carbocycles. The summed E-state index contributed by atoms with van der Waals surface area (Å²) in [6.07, 6.45) is 5.94. The van der Waals surface area contributed by atoms with Crippen LogP contribution in [0.5, 0.6) is 0 Å². The van der Waals surface area contributed by atoms with Crippen molar-refractivity contribution in [3.8, 4) is 11.4 Å². The fourth-order valence-corrected chi connectivity index (χ4v) is 4.72. The van der Waals surface area contributed by atoms with E-state index in [-0.39, 0.29) is 5.91 Å². The Morgan fingerprint density at radius 3 is 2.84 bits per heavy atom. The summed E-state index contributed by atoms with van der Waals surface area (Å²) in [5, 5.41) is 1.81. The zero-order valence-electron chi connectivity index (χ0n) is 17.3. The normalized spacial score (nSPS) is 13.4. The lowest BCUT2D eigenvalue weighted by atomic mass is 10.00. The Kier molecular flexibility index (Phi) is 5.47. The van der Waals surface area contributed by atoms with Gasteiger partial charge in [0.25, 0.3) is 0 Å². The molecule has 31 heavy (non-hydrogen) atoms. The number of hydrogen-bond acceptors (Lipinski definition) is 2. The SMILES string of the molecule is O=C(CCCc1c(-c2ccccn2)[nH]c2ccc(Cl)cc12)N1CCCc2ccccc21. The first kappa shape index (κ1) is 19.8. The molecule has 0 fully saturated rings. The number of nitrogens with zero attached hydrogens (tertiary/aromatic N) is 2. The van der Waals surface area contributed by atoms with Crippen molar-refractivity contribution in [3.05, 3.63) is 83.0 Å². The number of carbonyl (C=O) groups excluding carboxylic acids is 1. The number of amides is 1. The zero-order valence-corrected chi connectivity index (χ0v) is 18.0. The minimum absolute atomic E-state index is 0.199. The van der Waals surface area contributed by atoms with E-state index in [1.54, 1.807) is 6.20 Å². The van der Waals surface area contributed by atoms with E-state index in [0.717, 1.165) is 60.2 Å². The number of halogens is 1. The molecular weight excluding hydrogens is 406 g/mol. The number of aromatic amines is 1. The molecule has 4 aromatic rings. The van der Waals surface area contributed by atoms with Gasteiger partial charge in [-0.15, -0.1) is 0 Å². The third-order valence-electron chi connectivity index (χ3n) is 6.02. The summed E-state index contributed by atoms with van der Waals surface area (Å²) in [4.78, 5) is 23.0. The largest absolute Gasteiger partial charge is 0.353 e. The number of hydrogen-bond donors (Lipinski definition) is 1. The Morgan fingerprint density at radius 1 is 1.10 bits per heavy atom. The number of pyridine rings is 1. The van der Waals surface area contributed by atoms with Gasteiger partial charge in [-0.3, -0.25) is 9.78 Å². The summed E-state index contributed by atoms with van der Waals surface area (Å²) in [5.74, 6) is 0.199. The molecule has 0 saturated heterocycles. The minimum atomic E-state index is 0.199. The molecule has 0 radical (unpaired) electrons. The van der Waals surface area contributed by atoms with Gasteiger partial charge < -0.3 is 9.88 Å². The Morgan fingerprint density at radius 2 is 1.97 bits per heavy atom. The number of para-hydroxylation sites is 1. The van der Waals surface area contributed by atoms with Crippen LogP contribution in [0.25, 0.3) is 22.3 Å². The maximum Gasteiger partial charge on any atom is 0.226 e. The van der Waals surface area contributed by atoms with Crippen LogP contribution in [-0.4, -0.2) is 22.4 Å². The molecule has 0 aliphatic carbocycles. The topological polar surface area (TPSA) is 49.0 Å². The molecule has 3 heterocycles. The average Bonchev–Trinajstić information content (AvgIpc) is 3.17. The van der Waals surface area contributed by atoms with Crippen LogP contribution in [0.2, 0.25) is 5.02 Å². The van der Waals surface area contributed by atoms with Crippen LogP contribution in [0.1, 0.15) is 30.4 Å². The Labute approximate surface area is 186 Å². The van der Waals surface area contributed by atoms with E-state index in [9.17, 15) is 4.79 Å². The molecule has 0 bridgehead atoms. The van der Waals surface area contributed by atoms with E-state index in [0.29, 0.717) is 11.4 Å². The second kappa shape index (κ2) is 8.56. The summed E-state index contributed by atoms with van der Waals surface area (Å²) in [6.45, 7) is 0.803. The fourth-order valence-electron chi connectivity index (χ4n) is 4.55. The standard InChI is InChI=1S/C26H24ClN3O/c27-19-13-14-22-21(17-19)20(26(29-22)23-10-3-4-15-28-23)9-5-12-25(31)30-16-6-8-18-7-1-2-11-24(18)30/h1-4,7,10-11,13-15,17,29H,5-6,8-9,12,16H2. The number of H-pyrrole nitrogens is 1. The van der Waals surface area contributed by atoms with Crippen molar-refractivity contribution in [1.82, 2.24) is 9.97 Å². The Bertz CT molecular complexity index is 1230. The summed E-state index contributed by atoms with van der Waals surface area (Å²) in [5.41, 5.74) is 6.46. The molecule has 4 nitrogen and oxygen atoms in total. The first-order valence-electron chi connectivity index (χ1n) is 10.8. The predicted molar refractivity (Wildman–Crippen MR) is 127 cm³/mol. The Balaban J connectivity index is 1.38. The highest BCUT2D eigenvalue weighted by molar-refractivity contribution is 6.31. The molecular formula is C26H24ClN3O. The van der Waals surface area contributed by atoms with Gasteiger partial charge in [0.05, 0.1) is 11.4 Å². The van der Waals surface area contributed by atoms with Gasteiger partial charge in [0.15, 0.2) is 0 Å². The molecule has 1 amide bonds. The van der Waals surface area contributed by atoms with E-state index < -0.39 is 0 Å². The molecule has 5 rings (SSSR count). The maximum absolute atomic E-state index is 13.0. The Hall–Kier alpha value is -3.11. The third kappa shape index (κ3) is 3.96. The third-order valence-corrected chi connectivity index (χ3v) is 6.25. The highest BCUT2D eigenvalue weighted by Crippen LogP contribution is 2.33. The van der Waals surface area contributed by atoms with Crippen LogP contribution in [0.15, 0.2) is 66.9 Å². The van der Waals surface area contributed by atoms with Gasteiger partial charge >= 0.3 is 0 Å². The highest BCUT2D eigenvalue weighted by atomic mass is 35.5. The smallest absolute Gasteiger partial charge is 0.226 e. The van der Waals surface area contributed by atoms with Gasteiger partial charge in [-0.1, -0.05) is 35.9 Å². The molecule has 0 unspecified atom stereocenters. The van der Waals surface area contributed by atoms with Crippen molar-refractivity contribution < 1.29 is 4.79 Å². The number of carbonyl (C=O) groups is 1. The number of anilines is 1. The number of aryl methyl sites for hydroxylation is 2. The lowest BCUT2D eigenvalue weighted by Gasteiger charge is -2.29. The summed E-state index contributed by atoms with van der Waals surface area (Å²) in [6, 6.07) is 20.1. The van der Waals surface area contributed by atoms with Gasteiger partial charge in [-0.25, -0.2) is 0 Å². The van der Waals surface area contributed by atoms with Crippen LogP contribution in [0, 0.1) is 0 Å². The van der Waals surface area contributed by atoms with Crippen molar-refractivity contribution in [1.29, 1.82) is 0 Å². The van der Waals surface area contributed by atoms with E-state index >= 15 is 0 Å². The lowest BCUT2D eigenvalue weighted by Crippen LogP contribution is -2.35. The summed E-state index contributed by atoms with van der Waals surface area (Å²) in [7, 11) is 0. The van der Waals surface area contributed by atoms with Gasteiger partial charge in [-0.2, -0.15) is 0 Å². The fraction of sp³-hybridized carbons (Fsp3) is 0.231. The predicted octanol–water partition coefficient (Wildman–Crippen LogP) is 6.19. The van der Waals surface area contributed by atoms with Crippen molar-refractivity contribution in [2.75, 3.05) is 11.4 Å². The molecule has 2 aromatic heterocycles. The van der Waals surface area contributed by atoms with E-state index in [1.165, 1.54) is 11.1 Å². The molecule has 5 heteroatoms. The van der Waals surface area contributed by atoms with Gasteiger partial charge in [-0.05, 0) is 73.2 Å². The maximum atomic E-state index is 13.0. The molecule has 0 spiro atoms. The van der Waals surface area contributed by atoms with Crippen molar-refractivity contribution >= 4 is 34.1 Å². The molecule has 0 atom stereocenters. The van der Waals surface area contributed by atoms with E-state index in [2.05, 4.69) is 22.1 Å². The quantitative estimate of drug-likeness (QED) is 0.411. The van der Waals surface area contributed by atoms with Crippen molar-refractivity contribution in [3.63, 3.8) is 0 Å². The van der Waals surface area contributed by atoms with Crippen LogP contribution >= 0.6 is 11.6 Å². The number of nitrogens with one attached hydrogen (secondary N) is 1. The van der Waals surface area contributed by atoms with Gasteiger partial charge in [0.1, 0.15) is 0 Å². The second-order valence-electron chi connectivity index (χ2n) is 8.01. The number of fused-ring (bicyclic) bond motifs is 2. The van der Waals surface area contributed by atoms with E-state index in [4.69, 9.17) is 11.6 Å². The molecule has 2 aromatic carbocycles. The second-order valence-corrected chi connectivity index (χ2v) is 8.45. The first-order chi connectivity index (χ1) is 15.2. The monoisotopic (exact) mass is 429 g/mol. The number of aromatic nitrogens is 2. The number of benzene rings is 2. The van der Waals surface area contributed by atoms with Crippen LogP contribution < -0.4 is 4.90 Å². The molecule has 1 aliphatic rings. The molecule has 1 aliphatic heterocycles. The first-order valence-corrected chi connectivity index (χ1v) is 11.2. The lowest BCUT2D eigenvalue weighted by molar-refractivity contribution is -0.118. The number of rotatable bonds is 5. The van der Waals surface area contributed by atoms with Gasteiger partial charge in [0.2, 0.25) is 5.91 Å². The van der Waals surface area contributed by atoms with E-state index in [1.807, 2.05) is 53.4 Å². The highest BCUT2D eigenvalue weighted by Gasteiger charge is 2.22. The molecule has 1 N–H and O–H groups in total. The van der Waals surface area contributed by atoms with Crippen molar-refractivity contribution in [2.24, 2.45) is 0 Å². The average molecular weight is 430 g/mol. The van der Waals surface area contributed by atoms with Crippen molar-refractivity contribution in [2.45, 2.75) is 32.1 Å². The minimum Gasteiger partial charge on any atom is -0.353 e.